The molecule has 7 aromatic carbocycles. The molecule has 2 nitrogen and oxygen atoms in total. The Morgan fingerprint density at radius 2 is 0.859 bits per heavy atom. The summed E-state index contributed by atoms with van der Waals surface area (Å²) in [5, 5.41) is 0. The zero-order valence-electron chi connectivity index (χ0n) is 38.0. The van der Waals surface area contributed by atoms with E-state index in [0.717, 1.165) is 30.6 Å². The molecule has 13 rings (SSSR count). The van der Waals surface area contributed by atoms with Crippen molar-refractivity contribution in [1.29, 1.82) is 0 Å². The average molecular weight is 835 g/mol. The maximum absolute atomic E-state index is 2.54. The summed E-state index contributed by atoms with van der Waals surface area (Å²) < 4.78 is 0. The SMILES string of the molecule is CC1CCCC(c2ccc(N(c3ccccc3)c3ccccc3)cc2)(c2ccc(N(c3ccc(C45CC6CC(CC(C6)C4)C5)cc3)c3ccc4c(c3)C(C)(C)c3ccccc3-4)cc2)C1. The second kappa shape index (κ2) is 15.4. The van der Waals surface area contributed by atoms with Gasteiger partial charge in [-0.2, -0.15) is 0 Å². The van der Waals surface area contributed by atoms with Crippen LogP contribution in [0.3, 0.4) is 0 Å². The lowest BCUT2D eigenvalue weighted by atomic mass is 9.48. The van der Waals surface area contributed by atoms with Crippen molar-refractivity contribution >= 4 is 34.1 Å². The predicted octanol–water partition coefficient (Wildman–Crippen LogP) is 16.9. The molecule has 7 aromatic rings. The maximum Gasteiger partial charge on any atom is 0.0465 e. The summed E-state index contributed by atoms with van der Waals surface area (Å²) in [4.78, 5) is 4.91. The molecule has 6 aliphatic rings. The van der Waals surface area contributed by atoms with Crippen molar-refractivity contribution in [3.8, 4) is 11.1 Å². The highest BCUT2D eigenvalue weighted by Crippen LogP contribution is 2.61. The number of hydrogen-bond donors (Lipinski definition) is 0. The van der Waals surface area contributed by atoms with Gasteiger partial charge in [0, 0.05) is 45.0 Å². The molecule has 0 spiro atoms. The predicted molar refractivity (Wildman–Crippen MR) is 268 cm³/mol. The molecule has 0 amide bonds. The Kier molecular flexibility index (Phi) is 9.55. The fourth-order valence-electron chi connectivity index (χ4n) is 14.4. The van der Waals surface area contributed by atoms with Crippen LogP contribution in [0.25, 0.3) is 11.1 Å². The van der Waals surface area contributed by atoms with Crippen molar-refractivity contribution in [2.45, 2.75) is 101 Å². The second-order valence-corrected chi connectivity index (χ2v) is 21.4. The van der Waals surface area contributed by atoms with Gasteiger partial charge in [-0.15, -0.1) is 0 Å². The minimum absolute atomic E-state index is 0.0488. The zero-order chi connectivity index (χ0) is 43.0. The van der Waals surface area contributed by atoms with Crippen LogP contribution in [0.2, 0.25) is 0 Å². The molecular formula is C62H62N2. The van der Waals surface area contributed by atoms with Crippen LogP contribution in [-0.4, -0.2) is 0 Å². The Labute approximate surface area is 382 Å². The van der Waals surface area contributed by atoms with E-state index in [1.807, 2.05) is 0 Å². The molecule has 0 aliphatic heterocycles. The molecule has 6 aliphatic carbocycles. The van der Waals surface area contributed by atoms with Crippen LogP contribution in [0.5, 0.6) is 0 Å². The standard InChI is InChI=1S/C62H62N2/c1-43-13-12-34-62(39-43,48-22-28-52(29-23-48)63(50-14-6-4-7-15-50)51-16-8-5-9-17-51)49-24-30-54(31-25-49)64(55-32-33-57-56-18-10-11-19-58(56)60(2,3)59(57)38-55)53-26-20-47(21-27-53)61-40-44-35-45(41-61)37-46(36-44)42-61/h4-11,14-33,38,43-46H,12-13,34-37,39-42H2,1-3H3. The highest BCUT2D eigenvalue weighted by atomic mass is 15.1. The van der Waals surface area contributed by atoms with E-state index in [-0.39, 0.29) is 10.8 Å². The lowest BCUT2D eigenvalue weighted by Gasteiger charge is -2.57. The van der Waals surface area contributed by atoms with Gasteiger partial charge in [0.1, 0.15) is 0 Å². The van der Waals surface area contributed by atoms with E-state index in [2.05, 4.69) is 206 Å². The van der Waals surface area contributed by atoms with Crippen LogP contribution in [-0.2, 0) is 16.2 Å². The van der Waals surface area contributed by atoms with Crippen molar-refractivity contribution < 1.29 is 0 Å². The molecule has 0 saturated heterocycles. The number of nitrogens with zero attached hydrogens (tertiary/aromatic N) is 2. The van der Waals surface area contributed by atoms with Crippen LogP contribution in [0, 0.1) is 23.7 Å². The van der Waals surface area contributed by atoms with Crippen molar-refractivity contribution in [3.63, 3.8) is 0 Å². The third-order valence-corrected chi connectivity index (χ3v) is 17.0. The first-order valence-corrected chi connectivity index (χ1v) is 24.5. The van der Waals surface area contributed by atoms with Crippen LogP contribution < -0.4 is 9.80 Å². The Balaban J connectivity index is 0.925. The molecule has 2 unspecified atom stereocenters. The van der Waals surface area contributed by atoms with E-state index in [0.29, 0.717) is 11.3 Å². The molecular weight excluding hydrogens is 773 g/mol. The van der Waals surface area contributed by atoms with E-state index in [4.69, 9.17) is 0 Å². The highest BCUT2D eigenvalue weighted by molar-refractivity contribution is 5.86. The fourth-order valence-corrected chi connectivity index (χ4v) is 14.4. The van der Waals surface area contributed by atoms with Crippen molar-refractivity contribution in [1.82, 2.24) is 0 Å². The van der Waals surface area contributed by atoms with E-state index >= 15 is 0 Å². The van der Waals surface area contributed by atoms with Gasteiger partial charge in [-0.05, 0) is 192 Å². The van der Waals surface area contributed by atoms with E-state index in [1.165, 1.54) is 119 Å². The normalized spacial score (nSPS) is 26.0. The third-order valence-electron chi connectivity index (χ3n) is 17.0. The smallest absolute Gasteiger partial charge is 0.0465 e. The topological polar surface area (TPSA) is 6.48 Å². The highest BCUT2D eigenvalue weighted by Gasteiger charge is 2.51. The van der Waals surface area contributed by atoms with Gasteiger partial charge in [0.25, 0.3) is 0 Å². The molecule has 0 aromatic heterocycles. The summed E-state index contributed by atoms with van der Waals surface area (Å²) in [7, 11) is 0. The number of para-hydroxylation sites is 2. The van der Waals surface area contributed by atoms with Gasteiger partial charge in [-0.1, -0.05) is 137 Å². The fraction of sp³-hybridized carbons (Fsp3) is 0.323. The molecule has 2 atom stereocenters. The minimum atomic E-state index is -0.0708. The van der Waals surface area contributed by atoms with Crippen molar-refractivity contribution in [2.24, 2.45) is 23.7 Å². The molecule has 5 saturated carbocycles. The lowest BCUT2D eigenvalue weighted by Crippen LogP contribution is -2.48. The maximum atomic E-state index is 2.54. The molecule has 0 N–H and O–H groups in total. The number of anilines is 6. The largest absolute Gasteiger partial charge is 0.311 e. The first kappa shape index (κ1) is 39.7. The zero-order valence-corrected chi connectivity index (χ0v) is 38.0. The number of benzene rings is 7. The Morgan fingerprint density at radius 1 is 0.422 bits per heavy atom. The van der Waals surface area contributed by atoms with Crippen LogP contribution in [0.1, 0.15) is 113 Å². The molecule has 5 fully saturated rings. The van der Waals surface area contributed by atoms with Crippen LogP contribution >= 0.6 is 0 Å². The summed E-state index contributed by atoms with van der Waals surface area (Å²) in [6.45, 7) is 7.27. The van der Waals surface area contributed by atoms with Gasteiger partial charge in [-0.25, -0.2) is 0 Å². The van der Waals surface area contributed by atoms with Gasteiger partial charge < -0.3 is 9.80 Å². The summed E-state index contributed by atoms with van der Waals surface area (Å²) in [5.41, 5.74) is 17.5. The van der Waals surface area contributed by atoms with Gasteiger partial charge in [0.05, 0.1) is 0 Å². The molecule has 64 heavy (non-hydrogen) atoms. The third kappa shape index (κ3) is 6.57. The van der Waals surface area contributed by atoms with Gasteiger partial charge in [0.15, 0.2) is 0 Å². The molecule has 4 bridgehead atoms. The first-order chi connectivity index (χ1) is 31.3. The van der Waals surface area contributed by atoms with Crippen LogP contribution in [0.4, 0.5) is 34.1 Å². The van der Waals surface area contributed by atoms with E-state index < -0.39 is 0 Å². The number of fused-ring (bicyclic) bond motifs is 3. The Morgan fingerprint density at radius 3 is 1.39 bits per heavy atom. The van der Waals surface area contributed by atoms with E-state index in [1.54, 1.807) is 5.56 Å². The van der Waals surface area contributed by atoms with Crippen molar-refractivity contribution in [2.75, 3.05) is 9.80 Å². The summed E-state index contributed by atoms with van der Waals surface area (Å²) in [5.74, 6) is 3.46. The molecule has 2 heteroatoms. The van der Waals surface area contributed by atoms with Gasteiger partial charge >= 0.3 is 0 Å². The molecule has 0 heterocycles. The summed E-state index contributed by atoms with van der Waals surface area (Å²) >= 11 is 0. The lowest BCUT2D eigenvalue weighted by molar-refractivity contribution is -0.00518. The van der Waals surface area contributed by atoms with Gasteiger partial charge in [-0.3, -0.25) is 0 Å². The number of hydrogen-bond acceptors (Lipinski definition) is 2. The van der Waals surface area contributed by atoms with E-state index in [9.17, 15) is 0 Å². The quantitative estimate of drug-likeness (QED) is 0.143. The minimum Gasteiger partial charge on any atom is -0.311 e. The Bertz CT molecular complexity index is 2710. The Hall–Kier alpha value is -5.86. The van der Waals surface area contributed by atoms with Gasteiger partial charge in [0.2, 0.25) is 0 Å². The van der Waals surface area contributed by atoms with Crippen LogP contribution in [0.15, 0.2) is 176 Å². The first-order valence-electron chi connectivity index (χ1n) is 24.5. The second-order valence-electron chi connectivity index (χ2n) is 21.4. The van der Waals surface area contributed by atoms with Crippen molar-refractivity contribution in [3.05, 3.63) is 204 Å². The molecule has 320 valence electrons. The summed E-state index contributed by atoms with van der Waals surface area (Å²) in [6.07, 6.45) is 13.5. The molecule has 0 radical (unpaired) electrons. The monoisotopic (exact) mass is 834 g/mol. The average Bonchev–Trinajstić information content (AvgIpc) is 3.55. The number of rotatable bonds is 9. The summed E-state index contributed by atoms with van der Waals surface area (Å²) in [6, 6.07) is 67.2.